The minimum absolute atomic E-state index is 0.139. The van der Waals surface area contributed by atoms with Crippen LogP contribution in [-0.4, -0.2) is 41.8 Å². The van der Waals surface area contributed by atoms with Crippen LogP contribution in [0.4, 0.5) is 0 Å². The number of aromatic nitrogens is 6. The molecule has 1 atom stereocenters. The van der Waals surface area contributed by atoms with Gasteiger partial charge in [-0.25, -0.2) is 4.98 Å². The number of hydrogen-bond acceptors (Lipinski definition) is 7. The molecule has 150 valence electrons. The number of amides is 1. The first-order valence-electron chi connectivity index (χ1n) is 8.90. The van der Waals surface area contributed by atoms with Crippen LogP contribution in [0.2, 0.25) is 5.02 Å². The number of nitriles is 1. The smallest absolute Gasteiger partial charge is 0.316 e. The molecule has 10 nitrogen and oxygen atoms in total. The molecule has 0 fully saturated rings. The van der Waals surface area contributed by atoms with Gasteiger partial charge in [-0.3, -0.25) is 9.48 Å². The number of halogens is 1. The van der Waals surface area contributed by atoms with E-state index in [4.69, 9.17) is 21.4 Å². The Kier molecular flexibility index (Phi) is 5.28. The lowest BCUT2D eigenvalue weighted by Crippen LogP contribution is -2.36. The molecule has 0 aliphatic carbocycles. The maximum Gasteiger partial charge on any atom is 0.316 e. The van der Waals surface area contributed by atoms with E-state index in [1.165, 1.54) is 12.5 Å². The molecule has 0 unspecified atom stereocenters. The molecule has 1 aromatic carbocycles. The number of aromatic amines is 1. The van der Waals surface area contributed by atoms with Crippen molar-refractivity contribution in [2.24, 2.45) is 0 Å². The fraction of sp³-hybridized carbons (Fsp3) is 0.158. The predicted octanol–water partition coefficient (Wildman–Crippen LogP) is 2.67. The average molecular weight is 423 g/mol. The number of nitrogens with zero attached hydrogens (tertiary/aromatic N) is 6. The monoisotopic (exact) mass is 422 g/mol. The summed E-state index contributed by atoms with van der Waals surface area (Å²) in [6.45, 7) is 2.27. The van der Waals surface area contributed by atoms with Gasteiger partial charge < -0.3 is 14.8 Å². The van der Waals surface area contributed by atoms with Crippen LogP contribution in [0.3, 0.4) is 0 Å². The molecule has 0 radical (unpaired) electrons. The summed E-state index contributed by atoms with van der Waals surface area (Å²) in [5.41, 5.74) is 2.47. The van der Waals surface area contributed by atoms with Crippen molar-refractivity contribution in [2.45, 2.75) is 19.5 Å². The molecule has 0 saturated carbocycles. The zero-order valence-corrected chi connectivity index (χ0v) is 16.5. The third kappa shape index (κ3) is 4.06. The van der Waals surface area contributed by atoms with Gasteiger partial charge in [0.1, 0.15) is 11.8 Å². The maximum atomic E-state index is 12.3. The highest BCUT2D eigenvalue weighted by Crippen LogP contribution is 2.24. The van der Waals surface area contributed by atoms with Crippen LogP contribution in [0.1, 0.15) is 23.2 Å². The van der Waals surface area contributed by atoms with E-state index < -0.39 is 5.91 Å². The minimum atomic E-state index is -0.480. The number of carbonyl (C=O) groups is 1. The first-order valence-corrected chi connectivity index (χ1v) is 9.28. The molecular weight excluding hydrogens is 408 g/mol. The van der Waals surface area contributed by atoms with E-state index in [-0.39, 0.29) is 17.8 Å². The summed E-state index contributed by atoms with van der Waals surface area (Å²) in [4.78, 5) is 23.1. The molecule has 0 aliphatic rings. The Balaban J connectivity index is 1.39. The second kappa shape index (κ2) is 8.18. The summed E-state index contributed by atoms with van der Waals surface area (Å²) >= 11 is 6.09. The van der Waals surface area contributed by atoms with Crippen LogP contribution in [0, 0.1) is 11.3 Å². The van der Waals surface area contributed by atoms with Crippen molar-refractivity contribution in [1.29, 1.82) is 5.26 Å². The first kappa shape index (κ1) is 19.4. The summed E-state index contributed by atoms with van der Waals surface area (Å²) < 4.78 is 6.72. The highest BCUT2D eigenvalue weighted by molar-refractivity contribution is 6.32. The van der Waals surface area contributed by atoms with Crippen LogP contribution in [0.25, 0.3) is 22.8 Å². The van der Waals surface area contributed by atoms with Gasteiger partial charge in [0.25, 0.3) is 0 Å². The maximum absolute atomic E-state index is 12.3. The molecule has 1 amide bonds. The molecule has 3 heterocycles. The number of H-pyrrole nitrogens is 1. The third-order valence-corrected chi connectivity index (χ3v) is 4.54. The summed E-state index contributed by atoms with van der Waals surface area (Å²) in [6, 6.07) is 8.75. The van der Waals surface area contributed by atoms with Gasteiger partial charge in [0, 0.05) is 17.8 Å². The van der Waals surface area contributed by atoms with Crippen molar-refractivity contribution in [3.8, 4) is 28.8 Å². The SMILES string of the molecule is C[C@@H](Cn1ccc(-c2ccc(C#N)c(Cl)c2)n1)NC(=O)c1nc(-c2cnc[nH]2)no1. The predicted molar refractivity (Wildman–Crippen MR) is 106 cm³/mol. The summed E-state index contributed by atoms with van der Waals surface area (Å²) in [5.74, 6) is -0.366. The van der Waals surface area contributed by atoms with Gasteiger partial charge in [0.15, 0.2) is 0 Å². The van der Waals surface area contributed by atoms with E-state index in [0.29, 0.717) is 28.5 Å². The molecule has 11 heteroatoms. The van der Waals surface area contributed by atoms with Crippen LogP contribution in [0.15, 0.2) is 47.5 Å². The summed E-state index contributed by atoms with van der Waals surface area (Å²) in [7, 11) is 0. The zero-order valence-electron chi connectivity index (χ0n) is 15.7. The Morgan fingerprint density at radius 2 is 2.30 bits per heavy atom. The molecule has 0 spiro atoms. The molecular formula is C19H15ClN8O2. The molecule has 0 aliphatic heterocycles. The molecule has 3 aromatic heterocycles. The highest BCUT2D eigenvalue weighted by atomic mass is 35.5. The Hall–Kier alpha value is -3.97. The summed E-state index contributed by atoms with van der Waals surface area (Å²) in [6.07, 6.45) is 4.82. The van der Waals surface area contributed by atoms with Gasteiger partial charge >= 0.3 is 11.8 Å². The van der Waals surface area contributed by atoms with Crippen molar-refractivity contribution in [3.05, 3.63) is 59.5 Å². The van der Waals surface area contributed by atoms with Crippen molar-refractivity contribution >= 4 is 17.5 Å². The fourth-order valence-electron chi connectivity index (χ4n) is 2.80. The lowest BCUT2D eigenvalue weighted by molar-refractivity contribution is 0.0891. The molecule has 0 saturated heterocycles. The largest absolute Gasteiger partial charge is 0.344 e. The van der Waals surface area contributed by atoms with Gasteiger partial charge in [-0.1, -0.05) is 22.8 Å². The number of rotatable bonds is 6. The Morgan fingerprint density at radius 1 is 1.43 bits per heavy atom. The third-order valence-electron chi connectivity index (χ3n) is 4.22. The highest BCUT2D eigenvalue weighted by Gasteiger charge is 2.19. The molecule has 4 aromatic rings. The minimum Gasteiger partial charge on any atom is -0.344 e. The number of benzene rings is 1. The van der Waals surface area contributed by atoms with E-state index in [0.717, 1.165) is 5.56 Å². The topological polar surface area (TPSA) is 138 Å². The summed E-state index contributed by atoms with van der Waals surface area (Å²) in [5, 5.41) is 20.4. The van der Waals surface area contributed by atoms with E-state index in [9.17, 15) is 4.79 Å². The molecule has 2 N–H and O–H groups in total. The van der Waals surface area contributed by atoms with Crippen molar-refractivity contribution in [1.82, 2.24) is 35.2 Å². The second-order valence-corrected chi connectivity index (χ2v) is 6.90. The fourth-order valence-corrected chi connectivity index (χ4v) is 3.02. The number of hydrogen-bond donors (Lipinski definition) is 2. The Morgan fingerprint density at radius 3 is 3.03 bits per heavy atom. The molecule has 0 bridgehead atoms. The van der Waals surface area contributed by atoms with Crippen LogP contribution < -0.4 is 5.32 Å². The Labute approximate surface area is 175 Å². The van der Waals surface area contributed by atoms with Gasteiger partial charge in [-0.2, -0.15) is 15.3 Å². The van der Waals surface area contributed by atoms with E-state index in [1.807, 2.05) is 19.1 Å². The van der Waals surface area contributed by atoms with E-state index >= 15 is 0 Å². The number of carbonyl (C=O) groups excluding carboxylic acids is 1. The van der Waals surface area contributed by atoms with Crippen LogP contribution >= 0.6 is 11.6 Å². The van der Waals surface area contributed by atoms with Gasteiger partial charge in [-0.15, -0.1) is 0 Å². The van der Waals surface area contributed by atoms with Gasteiger partial charge in [0.2, 0.25) is 5.82 Å². The van der Waals surface area contributed by atoms with Crippen molar-refractivity contribution < 1.29 is 9.32 Å². The second-order valence-electron chi connectivity index (χ2n) is 6.49. The van der Waals surface area contributed by atoms with E-state index in [2.05, 4.69) is 30.5 Å². The van der Waals surface area contributed by atoms with Crippen LogP contribution in [-0.2, 0) is 6.54 Å². The van der Waals surface area contributed by atoms with Crippen molar-refractivity contribution in [3.63, 3.8) is 0 Å². The quantitative estimate of drug-likeness (QED) is 0.487. The van der Waals surface area contributed by atoms with Crippen LogP contribution in [0.5, 0.6) is 0 Å². The zero-order chi connectivity index (χ0) is 21.1. The number of nitrogens with one attached hydrogen (secondary N) is 2. The lowest BCUT2D eigenvalue weighted by atomic mass is 10.1. The normalized spacial score (nSPS) is 11.8. The van der Waals surface area contributed by atoms with Crippen molar-refractivity contribution in [2.75, 3.05) is 0 Å². The van der Waals surface area contributed by atoms with Gasteiger partial charge in [-0.05, 0) is 25.1 Å². The van der Waals surface area contributed by atoms with E-state index in [1.54, 1.807) is 29.1 Å². The molecule has 4 rings (SSSR count). The first-order chi connectivity index (χ1) is 14.5. The van der Waals surface area contributed by atoms with Gasteiger partial charge in [0.05, 0.1) is 35.3 Å². The lowest BCUT2D eigenvalue weighted by Gasteiger charge is -2.12. The standard InChI is InChI=1S/C19H15ClN8O2/c1-11(24-18(29)19-25-17(27-30-19)16-8-22-10-23-16)9-28-5-4-15(26-28)12-2-3-13(7-21)14(20)6-12/h2-6,8,10-11H,9H2,1H3,(H,22,23)(H,24,29)/t11-/m0/s1. The molecule has 30 heavy (non-hydrogen) atoms. The average Bonchev–Trinajstić information content (AvgIpc) is 3.48. The Bertz CT molecular complexity index is 1220. The number of imidazole rings is 1.